The molecule has 1 aliphatic carbocycles. The number of allylic oxidation sites excluding steroid dienone is 1. The highest BCUT2D eigenvalue weighted by Crippen LogP contribution is 2.44. The molecule has 0 N–H and O–H groups in total. The van der Waals surface area contributed by atoms with Crippen LogP contribution in [-0.4, -0.2) is 48.5 Å². The lowest BCUT2D eigenvalue weighted by atomic mass is 9.89. The summed E-state index contributed by atoms with van der Waals surface area (Å²) in [5.74, 6) is 0.189. The van der Waals surface area contributed by atoms with Crippen molar-refractivity contribution in [1.82, 2.24) is 9.27 Å². The number of nitrogens with zero attached hydrogens (tertiary/aromatic N) is 3. The van der Waals surface area contributed by atoms with Crippen molar-refractivity contribution in [3.8, 4) is 16.9 Å². The van der Waals surface area contributed by atoms with Gasteiger partial charge in [0, 0.05) is 37.1 Å². The molecule has 2 aliphatic rings. The van der Waals surface area contributed by atoms with Crippen molar-refractivity contribution >= 4 is 51.0 Å². The fraction of sp³-hybridized carbons (Fsp3) is 0.280. The minimum Gasteiger partial charge on any atom is -0.497 e. The molecule has 8 heteroatoms. The summed E-state index contributed by atoms with van der Waals surface area (Å²) in [6.45, 7) is 6.01. The predicted molar refractivity (Wildman–Crippen MR) is 133 cm³/mol. The lowest BCUT2D eigenvalue weighted by Crippen LogP contribution is -2.48. The number of halogens is 2. The first-order valence-corrected chi connectivity index (χ1v) is 12.0. The summed E-state index contributed by atoms with van der Waals surface area (Å²) in [4.78, 5) is 15.8. The Morgan fingerprint density at radius 2 is 2.06 bits per heavy atom. The molecule has 0 spiro atoms. The van der Waals surface area contributed by atoms with Gasteiger partial charge in [0.15, 0.2) is 5.82 Å². The summed E-state index contributed by atoms with van der Waals surface area (Å²) < 4.78 is 25.9. The van der Waals surface area contributed by atoms with Crippen molar-refractivity contribution < 1.29 is 13.9 Å². The van der Waals surface area contributed by atoms with Crippen LogP contribution in [0, 0.1) is 5.82 Å². The van der Waals surface area contributed by atoms with E-state index in [9.17, 15) is 4.79 Å². The molecule has 0 atom stereocenters. The van der Waals surface area contributed by atoms with Crippen LogP contribution in [0.4, 0.5) is 9.39 Å². The Hall–Kier alpha value is -2.90. The van der Waals surface area contributed by atoms with Crippen molar-refractivity contribution in [2.75, 3.05) is 38.2 Å². The largest absolute Gasteiger partial charge is 0.497 e. The van der Waals surface area contributed by atoms with Gasteiger partial charge in [-0.1, -0.05) is 30.3 Å². The normalized spacial score (nSPS) is 15.6. The number of aryl methyl sites for hydroxylation is 1. The third kappa shape index (κ3) is 3.79. The Bertz CT molecular complexity index is 1290. The van der Waals surface area contributed by atoms with Gasteiger partial charge in [-0.25, -0.2) is 4.39 Å². The zero-order chi connectivity index (χ0) is 23.1. The van der Waals surface area contributed by atoms with E-state index in [0.717, 1.165) is 34.5 Å². The van der Waals surface area contributed by atoms with Crippen LogP contribution in [0.15, 0.2) is 36.9 Å². The van der Waals surface area contributed by atoms with Gasteiger partial charge in [0.1, 0.15) is 16.3 Å². The molecule has 170 valence electrons. The van der Waals surface area contributed by atoms with E-state index >= 15 is 4.39 Å². The zero-order valence-corrected chi connectivity index (χ0v) is 19.8. The van der Waals surface area contributed by atoms with Crippen LogP contribution in [0.2, 0.25) is 5.02 Å². The number of methoxy groups -OCH3 is 1. The van der Waals surface area contributed by atoms with Crippen molar-refractivity contribution in [3.63, 3.8) is 0 Å². The minimum atomic E-state index is -0.421. The lowest BCUT2D eigenvalue weighted by molar-refractivity contribution is -0.126. The lowest BCUT2D eigenvalue weighted by Gasteiger charge is -2.34. The van der Waals surface area contributed by atoms with Crippen LogP contribution < -0.4 is 9.64 Å². The Labute approximate surface area is 200 Å². The van der Waals surface area contributed by atoms with Crippen molar-refractivity contribution in [2.24, 2.45) is 0 Å². The topological polar surface area (TPSA) is 45.7 Å². The molecule has 5 nitrogen and oxygen atoms in total. The van der Waals surface area contributed by atoms with Crippen molar-refractivity contribution in [2.45, 2.75) is 12.8 Å². The molecule has 5 rings (SSSR count). The van der Waals surface area contributed by atoms with E-state index in [2.05, 4.69) is 21.9 Å². The molecule has 33 heavy (non-hydrogen) atoms. The fourth-order valence-corrected chi connectivity index (χ4v) is 5.79. The van der Waals surface area contributed by atoms with E-state index in [-0.39, 0.29) is 5.91 Å². The first kappa shape index (κ1) is 21.9. The first-order valence-electron chi connectivity index (χ1n) is 10.8. The number of carbonyl (C=O) groups is 1. The number of hydrogen-bond acceptors (Lipinski definition) is 5. The molecule has 0 bridgehead atoms. The highest BCUT2D eigenvalue weighted by atomic mass is 35.5. The fourth-order valence-electron chi connectivity index (χ4n) is 4.59. The summed E-state index contributed by atoms with van der Waals surface area (Å²) in [6.07, 6.45) is 7.28. The van der Waals surface area contributed by atoms with Crippen LogP contribution in [0.3, 0.4) is 0 Å². The number of carbonyl (C=O) groups excluding carboxylic acids is 1. The van der Waals surface area contributed by atoms with Crippen molar-refractivity contribution in [1.29, 1.82) is 0 Å². The van der Waals surface area contributed by atoms with E-state index in [1.165, 1.54) is 17.6 Å². The summed E-state index contributed by atoms with van der Waals surface area (Å²) in [5.41, 5.74) is 3.48. The standard InChI is InChI=1S/C25H23ClFN3O2S/c1-3-21(31)29-8-10-30(11-9-29)25-19-14-20(26)22(23(27)24(19)28-33-25)18-13-16(32-2)12-15-6-4-5-7-17(15)18/h3,5,7,12-14H,1,4,6,8-11H2,2H3. The maximum absolute atomic E-state index is 15.9. The molecule has 1 fully saturated rings. The Balaban J connectivity index is 1.57. The number of benzene rings is 2. The van der Waals surface area contributed by atoms with Crippen LogP contribution in [-0.2, 0) is 11.2 Å². The summed E-state index contributed by atoms with van der Waals surface area (Å²) in [5, 5.41) is 1.91. The van der Waals surface area contributed by atoms with Gasteiger partial charge < -0.3 is 14.5 Å². The Morgan fingerprint density at radius 1 is 1.27 bits per heavy atom. The van der Waals surface area contributed by atoms with Gasteiger partial charge in [-0.3, -0.25) is 4.79 Å². The van der Waals surface area contributed by atoms with E-state index < -0.39 is 5.82 Å². The highest BCUT2D eigenvalue weighted by molar-refractivity contribution is 7.11. The van der Waals surface area contributed by atoms with E-state index in [0.29, 0.717) is 53.4 Å². The van der Waals surface area contributed by atoms with Gasteiger partial charge in [0.05, 0.1) is 12.1 Å². The van der Waals surface area contributed by atoms with Gasteiger partial charge in [-0.15, -0.1) is 0 Å². The van der Waals surface area contributed by atoms with Gasteiger partial charge in [0.2, 0.25) is 5.91 Å². The van der Waals surface area contributed by atoms with Crippen LogP contribution in [0.25, 0.3) is 28.1 Å². The smallest absolute Gasteiger partial charge is 0.246 e. The number of fused-ring (bicyclic) bond motifs is 2. The molecular weight excluding hydrogens is 461 g/mol. The molecule has 2 heterocycles. The second-order valence-electron chi connectivity index (χ2n) is 8.14. The third-order valence-electron chi connectivity index (χ3n) is 6.31. The average molecular weight is 484 g/mol. The van der Waals surface area contributed by atoms with Crippen LogP contribution in [0.1, 0.15) is 17.5 Å². The van der Waals surface area contributed by atoms with Crippen LogP contribution in [0.5, 0.6) is 5.75 Å². The molecule has 1 aliphatic heterocycles. The molecule has 1 saturated heterocycles. The second-order valence-corrected chi connectivity index (χ2v) is 9.30. The number of ether oxygens (including phenoxy) is 1. The molecule has 3 aromatic rings. The number of hydrogen-bond donors (Lipinski definition) is 0. The maximum atomic E-state index is 15.9. The quantitative estimate of drug-likeness (QED) is 0.456. The summed E-state index contributed by atoms with van der Waals surface area (Å²) in [7, 11) is 1.61. The number of amides is 1. The Kier molecular flexibility index (Phi) is 5.85. The molecule has 0 unspecified atom stereocenters. The predicted octanol–water partition coefficient (Wildman–Crippen LogP) is 5.56. The number of aromatic nitrogens is 1. The molecule has 1 amide bonds. The third-order valence-corrected chi connectivity index (χ3v) is 7.53. The van der Waals surface area contributed by atoms with Gasteiger partial charge in [0.25, 0.3) is 0 Å². The minimum absolute atomic E-state index is 0.0711. The zero-order valence-electron chi connectivity index (χ0n) is 18.2. The highest BCUT2D eigenvalue weighted by Gasteiger charge is 2.26. The van der Waals surface area contributed by atoms with E-state index in [1.54, 1.807) is 12.0 Å². The van der Waals surface area contributed by atoms with Crippen molar-refractivity contribution in [3.05, 3.63) is 58.9 Å². The molecule has 1 aromatic heterocycles. The Morgan fingerprint density at radius 3 is 2.79 bits per heavy atom. The molecule has 2 aromatic carbocycles. The number of rotatable bonds is 4. The van der Waals surface area contributed by atoms with Gasteiger partial charge in [-0.05, 0) is 65.3 Å². The summed E-state index contributed by atoms with van der Waals surface area (Å²) in [6, 6.07) is 5.66. The number of anilines is 1. The number of piperazine rings is 1. The van der Waals surface area contributed by atoms with E-state index in [4.69, 9.17) is 16.3 Å². The molecular formula is C25H23ClFN3O2S. The van der Waals surface area contributed by atoms with Gasteiger partial charge >= 0.3 is 0 Å². The molecule has 0 saturated carbocycles. The van der Waals surface area contributed by atoms with Crippen LogP contribution >= 0.6 is 23.1 Å². The average Bonchev–Trinajstić information content (AvgIpc) is 3.27. The maximum Gasteiger partial charge on any atom is 0.246 e. The first-order chi connectivity index (χ1) is 16.0. The monoisotopic (exact) mass is 483 g/mol. The van der Waals surface area contributed by atoms with Gasteiger partial charge in [-0.2, -0.15) is 4.37 Å². The van der Waals surface area contributed by atoms with E-state index in [1.807, 2.05) is 24.3 Å². The molecule has 0 radical (unpaired) electrons. The SMILES string of the molecule is C=CC(=O)N1CCN(c2snc3c(F)c(-c4cc(OC)cc5c4C=CCC5)c(Cl)cc23)CC1. The summed E-state index contributed by atoms with van der Waals surface area (Å²) >= 11 is 7.98. The second kappa shape index (κ2) is 8.80.